The van der Waals surface area contributed by atoms with Gasteiger partial charge in [0.1, 0.15) is 12.4 Å². The Morgan fingerprint density at radius 2 is 1.46 bits per heavy atom. The van der Waals surface area contributed by atoms with Crippen molar-refractivity contribution in [2.45, 2.75) is 12.4 Å². The van der Waals surface area contributed by atoms with Gasteiger partial charge in [-0.3, -0.25) is 0 Å². The summed E-state index contributed by atoms with van der Waals surface area (Å²) < 4.78 is 84.6. The highest BCUT2D eigenvalue weighted by atomic mass is 19.4. The van der Waals surface area contributed by atoms with Crippen molar-refractivity contribution in [3.63, 3.8) is 0 Å². The van der Waals surface area contributed by atoms with E-state index in [4.69, 9.17) is 4.74 Å². The van der Waals surface area contributed by atoms with Crippen LogP contribution in [0, 0.1) is 0 Å². The number of esters is 2. The van der Waals surface area contributed by atoms with E-state index < -0.39 is 44.1 Å². The van der Waals surface area contributed by atoms with Crippen LogP contribution in [0.4, 0.5) is 26.3 Å². The van der Waals surface area contributed by atoms with Gasteiger partial charge in [0.2, 0.25) is 0 Å². The third-order valence-corrected chi connectivity index (χ3v) is 2.50. The van der Waals surface area contributed by atoms with Crippen molar-refractivity contribution in [2.24, 2.45) is 0 Å². The SMILES string of the molecule is C=C(COCC(F)(F)F)C(=O)Oc1ccc(C(=O)OCC(F)(F)F)cc1. The molecule has 0 N–H and O–H groups in total. The minimum absolute atomic E-state index is 0.112. The predicted molar refractivity (Wildman–Crippen MR) is 74.4 cm³/mol. The maximum atomic E-state index is 12.0. The lowest BCUT2D eigenvalue weighted by Gasteiger charge is -2.10. The molecule has 11 heteroatoms. The largest absolute Gasteiger partial charge is 0.452 e. The molecular weight excluding hydrogens is 374 g/mol. The first-order valence-corrected chi connectivity index (χ1v) is 6.76. The van der Waals surface area contributed by atoms with Crippen molar-refractivity contribution in [3.05, 3.63) is 42.0 Å². The first kappa shape index (κ1) is 21.5. The third-order valence-electron chi connectivity index (χ3n) is 2.50. The molecule has 1 rings (SSSR count). The van der Waals surface area contributed by atoms with Gasteiger partial charge in [0.15, 0.2) is 6.61 Å². The van der Waals surface area contributed by atoms with E-state index in [0.29, 0.717) is 0 Å². The number of ether oxygens (including phenoxy) is 3. The Morgan fingerprint density at radius 3 is 1.96 bits per heavy atom. The average Bonchev–Trinajstić information content (AvgIpc) is 2.51. The molecule has 0 aliphatic carbocycles. The summed E-state index contributed by atoms with van der Waals surface area (Å²) >= 11 is 0. The molecule has 0 saturated carbocycles. The number of hydrogen-bond donors (Lipinski definition) is 0. The number of benzene rings is 1. The van der Waals surface area contributed by atoms with Gasteiger partial charge in [-0.1, -0.05) is 6.58 Å². The summed E-state index contributed by atoms with van der Waals surface area (Å²) in [6.07, 6.45) is -9.22. The second kappa shape index (κ2) is 8.70. The lowest BCUT2D eigenvalue weighted by atomic mass is 10.2. The highest BCUT2D eigenvalue weighted by Gasteiger charge is 2.30. The summed E-state index contributed by atoms with van der Waals surface area (Å²) in [6.45, 7) is -0.803. The lowest BCUT2D eigenvalue weighted by molar-refractivity contribution is -0.172. The monoisotopic (exact) mass is 386 g/mol. The molecule has 0 saturated heterocycles. The molecule has 144 valence electrons. The molecule has 1 aromatic carbocycles. The van der Waals surface area contributed by atoms with Crippen molar-refractivity contribution in [1.82, 2.24) is 0 Å². The molecule has 0 heterocycles. The van der Waals surface area contributed by atoms with E-state index in [1.165, 1.54) is 0 Å². The molecule has 0 spiro atoms. The first-order chi connectivity index (χ1) is 11.9. The normalized spacial score (nSPS) is 11.8. The van der Waals surface area contributed by atoms with Crippen molar-refractivity contribution in [2.75, 3.05) is 19.8 Å². The average molecular weight is 386 g/mol. The zero-order chi connectivity index (χ0) is 20.0. The Hall–Kier alpha value is -2.56. The fraction of sp³-hybridized carbons (Fsp3) is 0.333. The predicted octanol–water partition coefficient (Wildman–Crippen LogP) is 3.45. The Kier molecular flexibility index (Phi) is 7.19. The summed E-state index contributed by atoms with van der Waals surface area (Å²) in [6, 6.07) is 4.27. The lowest BCUT2D eigenvalue weighted by Crippen LogP contribution is -2.21. The summed E-state index contributed by atoms with van der Waals surface area (Å²) in [7, 11) is 0. The Bertz CT molecular complexity index is 648. The van der Waals surface area contributed by atoms with E-state index in [0.717, 1.165) is 24.3 Å². The zero-order valence-electron chi connectivity index (χ0n) is 12.9. The van der Waals surface area contributed by atoms with Gasteiger partial charge >= 0.3 is 24.3 Å². The van der Waals surface area contributed by atoms with Crippen LogP contribution in [-0.4, -0.2) is 44.1 Å². The molecule has 0 aliphatic heterocycles. The van der Waals surface area contributed by atoms with Crippen LogP contribution in [0.1, 0.15) is 10.4 Å². The smallest absolute Gasteiger partial charge is 0.422 e. The van der Waals surface area contributed by atoms with Crippen molar-refractivity contribution in [1.29, 1.82) is 0 Å². The fourth-order valence-corrected chi connectivity index (χ4v) is 1.42. The molecule has 0 fully saturated rings. The minimum Gasteiger partial charge on any atom is -0.452 e. The maximum absolute atomic E-state index is 12.0. The van der Waals surface area contributed by atoms with Crippen LogP contribution >= 0.6 is 0 Å². The van der Waals surface area contributed by atoms with Crippen LogP contribution in [-0.2, 0) is 14.3 Å². The molecule has 26 heavy (non-hydrogen) atoms. The fourth-order valence-electron chi connectivity index (χ4n) is 1.42. The van der Waals surface area contributed by atoms with Crippen LogP contribution in [0.3, 0.4) is 0 Å². The maximum Gasteiger partial charge on any atom is 0.422 e. The zero-order valence-corrected chi connectivity index (χ0v) is 12.9. The quantitative estimate of drug-likeness (QED) is 0.311. The van der Waals surface area contributed by atoms with E-state index >= 15 is 0 Å². The van der Waals surface area contributed by atoms with Gasteiger partial charge in [0.05, 0.1) is 17.7 Å². The summed E-state index contributed by atoms with van der Waals surface area (Å²) in [5.74, 6) is -2.41. The van der Waals surface area contributed by atoms with E-state index in [2.05, 4.69) is 16.1 Å². The molecule has 0 aliphatic rings. The molecule has 0 bridgehead atoms. The highest BCUT2D eigenvalue weighted by molar-refractivity contribution is 5.91. The Balaban J connectivity index is 2.52. The van der Waals surface area contributed by atoms with E-state index in [-0.39, 0.29) is 16.9 Å². The second-order valence-electron chi connectivity index (χ2n) is 4.82. The van der Waals surface area contributed by atoms with Crippen LogP contribution in [0.15, 0.2) is 36.4 Å². The molecular formula is C15H12F6O5. The highest BCUT2D eigenvalue weighted by Crippen LogP contribution is 2.18. The molecule has 5 nitrogen and oxygen atoms in total. The van der Waals surface area contributed by atoms with Gasteiger partial charge in [-0.05, 0) is 24.3 Å². The van der Waals surface area contributed by atoms with Gasteiger partial charge in [-0.2, -0.15) is 26.3 Å². The van der Waals surface area contributed by atoms with Crippen molar-refractivity contribution in [3.8, 4) is 5.75 Å². The van der Waals surface area contributed by atoms with E-state index in [9.17, 15) is 35.9 Å². The van der Waals surface area contributed by atoms with Crippen LogP contribution in [0.5, 0.6) is 5.75 Å². The van der Waals surface area contributed by atoms with Gasteiger partial charge in [0.25, 0.3) is 0 Å². The van der Waals surface area contributed by atoms with Crippen LogP contribution in [0.2, 0.25) is 0 Å². The summed E-state index contributed by atoms with van der Waals surface area (Å²) in [4.78, 5) is 23.0. The minimum atomic E-state index is -4.67. The number of carbonyl (C=O) groups is 2. The molecule has 0 amide bonds. The number of hydrogen-bond acceptors (Lipinski definition) is 5. The van der Waals surface area contributed by atoms with Crippen molar-refractivity contribution >= 4 is 11.9 Å². The summed E-state index contributed by atoms with van der Waals surface area (Å²) in [5.41, 5.74) is -0.607. The molecule has 0 atom stereocenters. The number of alkyl halides is 6. The van der Waals surface area contributed by atoms with Gasteiger partial charge < -0.3 is 14.2 Å². The number of rotatable bonds is 7. The van der Waals surface area contributed by atoms with Crippen LogP contribution in [0.25, 0.3) is 0 Å². The Morgan fingerprint density at radius 1 is 0.923 bits per heavy atom. The molecule has 0 radical (unpaired) electrons. The molecule has 0 unspecified atom stereocenters. The molecule has 0 aromatic heterocycles. The van der Waals surface area contributed by atoms with Crippen molar-refractivity contribution < 1.29 is 50.1 Å². The number of carbonyl (C=O) groups excluding carboxylic acids is 2. The van der Waals surface area contributed by atoms with Crippen LogP contribution < -0.4 is 4.74 Å². The molecule has 1 aromatic rings. The Labute approximate surface area is 143 Å². The number of halogens is 6. The first-order valence-electron chi connectivity index (χ1n) is 6.76. The van der Waals surface area contributed by atoms with Gasteiger partial charge in [0, 0.05) is 0 Å². The second-order valence-corrected chi connectivity index (χ2v) is 4.82. The van der Waals surface area contributed by atoms with E-state index in [1.54, 1.807) is 0 Å². The van der Waals surface area contributed by atoms with E-state index in [1.807, 2.05) is 0 Å². The standard InChI is InChI=1S/C15H12F6O5/c1-9(6-24-7-14(16,17)18)12(22)26-11-4-2-10(3-5-11)13(23)25-8-15(19,20)21/h2-5H,1,6-8H2. The summed E-state index contributed by atoms with van der Waals surface area (Å²) in [5, 5.41) is 0. The topological polar surface area (TPSA) is 61.8 Å². The van der Waals surface area contributed by atoms with Gasteiger partial charge in [-0.25, -0.2) is 9.59 Å². The third kappa shape index (κ3) is 8.51. The van der Waals surface area contributed by atoms with Gasteiger partial charge in [-0.15, -0.1) is 0 Å².